The fourth-order valence-corrected chi connectivity index (χ4v) is 5.16. The van der Waals surface area contributed by atoms with Crippen molar-refractivity contribution < 1.29 is 18.0 Å². The van der Waals surface area contributed by atoms with Gasteiger partial charge in [0.25, 0.3) is 0 Å². The highest BCUT2D eigenvalue weighted by Crippen LogP contribution is 2.28. The lowest BCUT2D eigenvalue weighted by Gasteiger charge is -2.33. The zero-order chi connectivity index (χ0) is 27.2. The molecule has 0 aromatic heterocycles. The van der Waals surface area contributed by atoms with Crippen molar-refractivity contribution in [2.45, 2.75) is 52.2 Å². The highest BCUT2D eigenvalue weighted by atomic mass is 35.5. The number of rotatable bonds is 11. The van der Waals surface area contributed by atoms with Crippen LogP contribution in [0.3, 0.4) is 0 Å². The minimum atomic E-state index is -3.91. The number of anilines is 1. The van der Waals surface area contributed by atoms with Crippen LogP contribution >= 0.6 is 46.4 Å². The molecule has 2 unspecified atom stereocenters. The monoisotopic (exact) mass is 595 g/mol. The van der Waals surface area contributed by atoms with Gasteiger partial charge in [-0.3, -0.25) is 13.9 Å². The summed E-state index contributed by atoms with van der Waals surface area (Å²) >= 11 is 24.4. The molecule has 2 rings (SSSR count). The predicted molar refractivity (Wildman–Crippen MR) is 148 cm³/mol. The summed E-state index contributed by atoms with van der Waals surface area (Å²) in [5.41, 5.74) is 0.763. The van der Waals surface area contributed by atoms with Gasteiger partial charge >= 0.3 is 0 Å². The van der Waals surface area contributed by atoms with Crippen LogP contribution in [-0.4, -0.2) is 50.0 Å². The van der Waals surface area contributed by atoms with Crippen molar-refractivity contribution in [3.8, 4) is 0 Å². The van der Waals surface area contributed by atoms with Crippen LogP contribution < -0.4 is 9.62 Å². The molecule has 198 valence electrons. The molecule has 2 atom stereocenters. The Hall–Kier alpha value is -1.71. The standard InChI is InChI=1S/C24H29Cl4N3O4S/c1-5-15(3)29-24(33)22(6-2)30(13-16-7-8-20(27)21(28)9-16)23(32)14-31(36(4,34)35)19-11-17(25)10-18(26)12-19/h7-12,15,22H,5-6,13-14H2,1-4H3,(H,29,33). The normalized spacial score (nSPS) is 13.1. The number of nitrogens with zero attached hydrogens (tertiary/aromatic N) is 2. The second-order valence-electron chi connectivity index (χ2n) is 8.41. The number of amides is 2. The minimum absolute atomic E-state index is 0.00998. The Kier molecular flexibility index (Phi) is 11.2. The van der Waals surface area contributed by atoms with E-state index >= 15 is 0 Å². The quantitative estimate of drug-likeness (QED) is 0.356. The van der Waals surface area contributed by atoms with Crippen LogP contribution in [0.15, 0.2) is 36.4 Å². The minimum Gasteiger partial charge on any atom is -0.352 e. The molecule has 2 aromatic rings. The van der Waals surface area contributed by atoms with Crippen molar-refractivity contribution in [2.75, 3.05) is 17.1 Å². The third kappa shape index (κ3) is 8.42. The summed E-state index contributed by atoms with van der Waals surface area (Å²) in [6, 6.07) is 8.19. The highest BCUT2D eigenvalue weighted by molar-refractivity contribution is 7.92. The summed E-state index contributed by atoms with van der Waals surface area (Å²) in [5, 5.41) is 3.98. The van der Waals surface area contributed by atoms with Crippen LogP contribution in [0.1, 0.15) is 39.2 Å². The summed E-state index contributed by atoms with van der Waals surface area (Å²) in [6.07, 6.45) is 1.99. The van der Waals surface area contributed by atoms with Gasteiger partial charge in [0.05, 0.1) is 22.0 Å². The lowest BCUT2D eigenvalue weighted by molar-refractivity contribution is -0.140. The first kappa shape index (κ1) is 30.5. The first-order valence-corrected chi connectivity index (χ1v) is 14.6. The highest BCUT2D eigenvalue weighted by Gasteiger charge is 2.32. The van der Waals surface area contributed by atoms with E-state index in [-0.39, 0.29) is 34.2 Å². The fourth-order valence-electron chi connectivity index (χ4n) is 3.49. The van der Waals surface area contributed by atoms with Gasteiger partial charge in [-0.15, -0.1) is 0 Å². The van der Waals surface area contributed by atoms with E-state index in [4.69, 9.17) is 46.4 Å². The van der Waals surface area contributed by atoms with E-state index in [1.807, 2.05) is 13.8 Å². The van der Waals surface area contributed by atoms with Crippen molar-refractivity contribution in [3.63, 3.8) is 0 Å². The average Bonchev–Trinajstić information content (AvgIpc) is 2.77. The number of halogens is 4. The van der Waals surface area contributed by atoms with E-state index in [0.29, 0.717) is 28.5 Å². The van der Waals surface area contributed by atoms with Crippen molar-refractivity contribution in [1.29, 1.82) is 0 Å². The topological polar surface area (TPSA) is 86.8 Å². The molecule has 36 heavy (non-hydrogen) atoms. The maximum atomic E-state index is 13.7. The summed E-state index contributed by atoms with van der Waals surface area (Å²) < 4.78 is 26.2. The van der Waals surface area contributed by atoms with E-state index in [1.54, 1.807) is 25.1 Å². The molecule has 2 aromatic carbocycles. The second-order valence-corrected chi connectivity index (χ2v) is 12.0. The first-order chi connectivity index (χ1) is 16.8. The van der Waals surface area contributed by atoms with Crippen LogP contribution in [0.5, 0.6) is 0 Å². The lowest BCUT2D eigenvalue weighted by Crippen LogP contribution is -2.53. The molecule has 0 radical (unpaired) electrons. The molecule has 2 amide bonds. The number of hydrogen-bond donors (Lipinski definition) is 1. The number of nitrogens with one attached hydrogen (secondary N) is 1. The van der Waals surface area contributed by atoms with Crippen LogP contribution in [0.4, 0.5) is 5.69 Å². The van der Waals surface area contributed by atoms with Crippen molar-refractivity contribution >= 4 is 73.9 Å². The van der Waals surface area contributed by atoms with Gasteiger partial charge in [-0.1, -0.05) is 66.3 Å². The molecule has 0 bridgehead atoms. The molecule has 0 aliphatic heterocycles. The molecule has 7 nitrogen and oxygen atoms in total. The van der Waals surface area contributed by atoms with Crippen LogP contribution in [0.25, 0.3) is 0 Å². The summed E-state index contributed by atoms with van der Waals surface area (Å²) in [4.78, 5) is 28.1. The van der Waals surface area contributed by atoms with Gasteiger partial charge in [-0.25, -0.2) is 8.42 Å². The van der Waals surface area contributed by atoms with Gasteiger partial charge in [0.2, 0.25) is 21.8 Å². The third-order valence-corrected chi connectivity index (χ3v) is 7.85. The van der Waals surface area contributed by atoms with E-state index in [1.165, 1.54) is 23.1 Å². The maximum Gasteiger partial charge on any atom is 0.244 e. The van der Waals surface area contributed by atoms with Crippen LogP contribution in [0, 0.1) is 0 Å². The van der Waals surface area contributed by atoms with Crippen LogP contribution in [-0.2, 0) is 26.2 Å². The molecule has 0 saturated heterocycles. The van der Waals surface area contributed by atoms with Gasteiger partial charge in [0, 0.05) is 22.6 Å². The lowest BCUT2D eigenvalue weighted by atomic mass is 10.1. The van der Waals surface area contributed by atoms with Gasteiger partial charge < -0.3 is 10.2 Å². The first-order valence-electron chi connectivity index (χ1n) is 11.2. The Morgan fingerprint density at radius 1 is 0.944 bits per heavy atom. The Morgan fingerprint density at radius 2 is 1.56 bits per heavy atom. The number of benzene rings is 2. The predicted octanol–water partition coefficient (Wildman–Crippen LogP) is 5.79. The SMILES string of the molecule is CCC(C)NC(=O)C(CC)N(Cc1ccc(Cl)c(Cl)c1)C(=O)CN(c1cc(Cl)cc(Cl)c1)S(C)(=O)=O. The molecule has 1 N–H and O–H groups in total. The van der Waals surface area contributed by atoms with E-state index < -0.39 is 28.5 Å². The van der Waals surface area contributed by atoms with Gasteiger partial charge in [0.15, 0.2) is 0 Å². The molecule has 0 aliphatic carbocycles. The Morgan fingerprint density at radius 3 is 2.06 bits per heavy atom. The second kappa shape index (κ2) is 13.2. The molecule has 12 heteroatoms. The molecule has 0 spiro atoms. The van der Waals surface area contributed by atoms with Crippen molar-refractivity contribution in [3.05, 3.63) is 62.1 Å². The number of sulfonamides is 1. The zero-order valence-corrected chi connectivity index (χ0v) is 24.2. The number of hydrogen-bond acceptors (Lipinski definition) is 4. The summed E-state index contributed by atoms with van der Waals surface area (Å²) in [6.45, 7) is 5.02. The Labute approximate surface area is 232 Å². The van der Waals surface area contributed by atoms with Gasteiger partial charge in [0.1, 0.15) is 12.6 Å². The smallest absolute Gasteiger partial charge is 0.244 e. The largest absolute Gasteiger partial charge is 0.352 e. The number of carbonyl (C=O) groups excluding carboxylic acids is 2. The third-order valence-electron chi connectivity index (χ3n) is 5.54. The van der Waals surface area contributed by atoms with Gasteiger partial charge in [-0.05, 0) is 55.7 Å². The Bertz CT molecular complexity index is 1190. The van der Waals surface area contributed by atoms with E-state index in [9.17, 15) is 18.0 Å². The molecule has 0 heterocycles. The fraction of sp³-hybridized carbons (Fsp3) is 0.417. The van der Waals surface area contributed by atoms with E-state index in [2.05, 4.69) is 5.32 Å². The average molecular weight is 597 g/mol. The van der Waals surface area contributed by atoms with Crippen molar-refractivity contribution in [1.82, 2.24) is 10.2 Å². The van der Waals surface area contributed by atoms with E-state index in [0.717, 1.165) is 10.6 Å². The molecular formula is C24H29Cl4N3O4S. The van der Waals surface area contributed by atoms with Gasteiger partial charge in [-0.2, -0.15) is 0 Å². The molecule has 0 fully saturated rings. The summed E-state index contributed by atoms with van der Waals surface area (Å²) in [7, 11) is -3.91. The molecule has 0 aliphatic rings. The molecular weight excluding hydrogens is 568 g/mol. The maximum absolute atomic E-state index is 13.7. The molecule has 0 saturated carbocycles. The van der Waals surface area contributed by atoms with Crippen molar-refractivity contribution in [2.24, 2.45) is 0 Å². The zero-order valence-electron chi connectivity index (χ0n) is 20.4. The number of carbonyl (C=O) groups is 2. The Balaban J connectivity index is 2.50. The van der Waals surface area contributed by atoms with Crippen LogP contribution in [0.2, 0.25) is 20.1 Å². The summed E-state index contributed by atoms with van der Waals surface area (Å²) in [5.74, 6) is -0.925.